The van der Waals surface area contributed by atoms with Crippen LogP contribution >= 0.6 is 11.3 Å². The molecule has 1 N–H and O–H groups in total. The van der Waals surface area contributed by atoms with Crippen molar-refractivity contribution in [1.82, 2.24) is 0 Å². The lowest BCUT2D eigenvalue weighted by Crippen LogP contribution is -2.17. The summed E-state index contributed by atoms with van der Waals surface area (Å²) in [6.07, 6.45) is 2.71. The average Bonchev–Trinajstić information content (AvgIpc) is 3.09. The first-order valence-electron chi connectivity index (χ1n) is 9.86. The Morgan fingerprint density at radius 3 is 2.37 bits per heavy atom. The second-order valence-corrected chi connectivity index (χ2v) is 8.25. The standard InChI is InChI=1S/C22H27NO6S/c1-6-29-22(25)18-14-8-7-12(2)9-17(14)30-21(18)23-20(24)13-10-15(26-3)19(28-5)16(11-13)27-4/h10-12H,6-9H2,1-5H3,(H,23,24)/t12-/m1/s1. The number of fused-ring (bicyclic) bond motifs is 1. The van der Waals surface area contributed by atoms with Crippen molar-refractivity contribution in [3.8, 4) is 17.2 Å². The van der Waals surface area contributed by atoms with Gasteiger partial charge in [0.2, 0.25) is 5.75 Å². The fourth-order valence-electron chi connectivity index (χ4n) is 3.65. The Morgan fingerprint density at radius 1 is 1.13 bits per heavy atom. The Balaban J connectivity index is 1.98. The number of hydrogen-bond donors (Lipinski definition) is 1. The van der Waals surface area contributed by atoms with Gasteiger partial charge < -0.3 is 24.3 Å². The van der Waals surface area contributed by atoms with E-state index in [0.29, 0.717) is 39.3 Å². The van der Waals surface area contributed by atoms with Crippen molar-refractivity contribution in [2.24, 2.45) is 5.92 Å². The predicted octanol–water partition coefficient (Wildman–Crippen LogP) is 4.33. The number of rotatable bonds is 7. The minimum absolute atomic E-state index is 0.278. The van der Waals surface area contributed by atoms with E-state index in [1.54, 1.807) is 19.1 Å². The zero-order valence-electron chi connectivity index (χ0n) is 17.9. The van der Waals surface area contributed by atoms with Crippen LogP contribution < -0.4 is 19.5 Å². The highest BCUT2D eigenvalue weighted by Gasteiger charge is 2.29. The number of ether oxygens (including phenoxy) is 4. The number of nitrogens with one attached hydrogen (secondary N) is 1. The third-order valence-electron chi connectivity index (χ3n) is 5.15. The van der Waals surface area contributed by atoms with Crippen molar-refractivity contribution in [2.75, 3.05) is 33.3 Å². The van der Waals surface area contributed by atoms with Gasteiger partial charge in [0, 0.05) is 10.4 Å². The van der Waals surface area contributed by atoms with Crippen LogP contribution in [0.15, 0.2) is 12.1 Å². The van der Waals surface area contributed by atoms with Gasteiger partial charge in [0.1, 0.15) is 5.00 Å². The van der Waals surface area contributed by atoms with Crippen LogP contribution in [0.5, 0.6) is 17.2 Å². The van der Waals surface area contributed by atoms with Crippen molar-refractivity contribution in [3.63, 3.8) is 0 Å². The molecule has 0 unspecified atom stereocenters. The molecular weight excluding hydrogens is 406 g/mol. The van der Waals surface area contributed by atoms with Crippen LogP contribution in [0.1, 0.15) is 51.4 Å². The van der Waals surface area contributed by atoms with Gasteiger partial charge in [-0.1, -0.05) is 6.92 Å². The highest BCUT2D eigenvalue weighted by molar-refractivity contribution is 7.17. The lowest BCUT2D eigenvalue weighted by Gasteiger charge is -2.18. The van der Waals surface area contributed by atoms with Gasteiger partial charge in [0.05, 0.1) is 33.5 Å². The topological polar surface area (TPSA) is 83.1 Å². The molecule has 1 atom stereocenters. The van der Waals surface area contributed by atoms with E-state index in [9.17, 15) is 9.59 Å². The molecule has 0 saturated carbocycles. The molecule has 0 saturated heterocycles. The van der Waals surface area contributed by atoms with Gasteiger partial charge in [-0.2, -0.15) is 0 Å². The molecule has 0 radical (unpaired) electrons. The van der Waals surface area contributed by atoms with E-state index < -0.39 is 5.97 Å². The van der Waals surface area contributed by atoms with Crippen LogP contribution in [0, 0.1) is 5.92 Å². The largest absolute Gasteiger partial charge is 0.493 e. The SMILES string of the molecule is CCOC(=O)c1c(NC(=O)c2cc(OC)c(OC)c(OC)c2)sc2c1CC[C@@H](C)C2. The van der Waals surface area contributed by atoms with Gasteiger partial charge in [0.25, 0.3) is 5.91 Å². The minimum Gasteiger partial charge on any atom is -0.493 e. The maximum Gasteiger partial charge on any atom is 0.341 e. The van der Waals surface area contributed by atoms with E-state index in [1.807, 2.05) is 0 Å². The molecule has 2 aromatic rings. The van der Waals surface area contributed by atoms with Gasteiger partial charge in [-0.15, -0.1) is 11.3 Å². The molecule has 0 bridgehead atoms. The Hall–Kier alpha value is -2.74. The fraction of sp³-hybridized carbons (Fsp3) is 0.455. The summed E-state index contributed by atoms with van der Waals surface area (Å²) in [6, 6.07) is 3.16. The predicted molar refractivity (Wildman–Crippen MR) is 116 cm³/mol. The third kappa shape index (κ3) is 4.23. The van der Waals surface area contributed by atoms with Gasteiger partial charge in [0.15, 0.2) is 11.5 Å². The van der Waals surface area contributed by atoms with Crippen LogP contribution in [-0.4, -0.2) is 39.8 Å². The van der Waals surface area contributed by atoms with Crippen LogP contribution in [0.4, 0.5) is 5.00 Å². The number of esters is 1. The van der Waals surface area contributed by atoms with E-state index >= 15 is 0 Å². The zero-order chi connectivity index (χ0) is 21.8. The van der Waals surface area contributed by atoms with Crippen molar-refractivity contribution in [1.29, 1.82) is 0 Å². The number of anilines is 1. The smallest absolute Gasteiger partial charge is 0.341 e. The number of benzene rings is 1. The quantitative estimate of drug-likeness (QED) is 0.655. The molecule has 0 aliphatic heterocycles. The monoisotopic (exact) mass is 433 g/mol. The van der Waals surface area contributed by atoms with Gasteiger partial charge in [-0.05, 0) is 49.8 Å². The summed E-state index contributed by atoms with van der Waals surface area (Å²) in [7, 11) is 4.49. The number of methoxy groups -OCH3 is 3. The second kappa shape index (κ2) is 9.38. The lowest BCUT2D eigenvalue weighted by molar-refractivity contribution is 0.0526. The molecule has 0 fully saturated rings. The number of amides is 1. The Labute approximate surface area is 180 Å². The van der Waals surface area contributed by atoms with Crippen LogP contribution in [0.3, 0.4) is 0 Å². The molecule has 3 rings (SSSR count). The zero-order valence-corrected chi connectivity index (χ0v) is 18.7. The number of carbonyl (C=O) groups excluding carboxylic acids is 2. The van der Waals surface area contributed by atoms with Crippen LogP contribution in [0.25, 0.3) is 0 Å². The summed E-state index contributed by atoms with van der Waals surface area (Å²) in [4.78, 5) is 26.8. The average molecular weight is 434 g/mol. The molecule has 8 heteroatoms. The summed E-state index contributed by atoms with van der Waals surface area (Å²) < 4.78 is 21.3. The molecular formula is C22H27NO6S. The normalized spacial score (nSPS) is 15.2. The minimum atomic E-state index is -0.398. The van der Waals surface area contributed by atoms with Crippen LogP contribution in [-0.2, 0) is 17.6 Å². The molecule has 1 heterocycles. The second-order valence-electron chi connectivity index (χ2n) is 7.14. The maximum absolute atomic E-state index is 13.1. The summed E-state index contributed by atoms with van der Waals surface area (Å²) in [5.41, 5.74) is 1.81. The van der Waals surface area contributed by atoms with E-state index in [2.05, 4.69) is 12.2 Å². The highest BCUT2D eigenvalue weighted by Crippen LogP contribution is 2.41. The summed E-state index contributed by atoms with van der Waals surface area (Å²) in [6.45, 7) is 4.24. The van der Waals surface area contributed by atoms with E-state index in [0.717, 1.165) is 29.7 Å². The number of carbonyl (C=O) groups is 2. The van der Waals surface area contributed by atoms with E-state index in [-0.39, 0.29) is 12.5 Å². The molecule has 1 aromatic carbocycles. The first kappa shape index (κ1) is 22.0. The summed E-state index contributed by atoms with van der Waals surface area (Å²) in [5, 5.41) is 3.42. The Bertz CT molecular complexity index is 926. The molecule has 7 nitrogen and oxygen atoms in total. The van der Waals surface area contributed by atoms with Gasteiger partial charge in [-0.3, -0.25) is 4.79 Å². The molecule has 1 aromatic heterocycles. The van der Waals surface area contributed by atoms with Crippen molar-refractivity contribution < 1.29 is 28.5 Å². The fourth-order valence-corrected chi connectivity index (χ4v) is 5.04. The molecule has 1 amide bonds. The van der Waals surface area contributed by atoms with Crippen molar-refractivity contribution in [3.05, 3.63) is 33.7 Å². The molecule has 1 aliphatic rings. The molecule has 162 valence electrons. The van der Waals surface area contributed by atoms with Crippen LogP contribution in [0.2, 0.25) is 0 Å². The number of thiophene rings is 1. The van der Waals surface area contributed by atoms with E-state index in [4.69, 9.17) is 18.9 Å². The third-order valence-corrected chi connectivity index (χ3v) is 6.31. The van der Waals surface area contributed by atoms with Crippen molar-refractivity contribution in [2.45, 2.75) is 33.1 Å². The Morgan fingerprint density at radius 2 is 1.80 bits per heavy atom. The van der Waals surface area contributed by atoms with E-state index in [1.165, 1.54) is 32.7 Å². The summed E-state index contributed by atoms with van der Waals surface area (Å²) >= 11 is 1.45. The summed E-state index contributed by atoms with van der Waals surface area (Å²) in [5.74, 6) is 0.948. The van der Waals surface area contributed by atoms with Gasteiger partial charge >= 0.3 is 5.97 Å². The first-order valence-corrected chi connectivity index (χ1v) is 10.7. The molecule has 0 spiro atoms. The molecule has 1 aliphatic carbocycles. The highest BCUT2D eigenvalue weighted by atomic mass is 32.1. The number of hydrogen-bond acceptors (Lipinski definition) is 7. The molecule has 30 heavy (non-hydrogen) atoms. The first-order chi connectivity index (χ1) is 14.4. The van der Waals surface area contributed by atoms with Crippen molar-refractivity contribution >= 4 is 28.2 Å². The Kier molecular flexibility index (Phi) is 6.87. The maximum atomic E-state index is 13.1. The van der Waals surface area contributed by atoms with Gasteiger partial charge in [-0.25, -0.2) is 4.79 Å². The lowest BCUT2D eigenvalue weighted by atomic mass is 9.88.